The van der Waals surface area contributed by atoms with E-state index >= 15 is 0 Å². The zero-order valence-corrected chi connectivity index (χ0v) is 11.6. The van der Waals surface area contributed by atoms with Gasteiger partial charge in [-0.25, -0.2) is 4.39 Å². The Labute approximate surface area is 112 Å². The lowest BCUT2D eigenvalue weighted by molar-refractivity contribution is -0.138. The van der Waals surface area contributed by atoms with Gasteiger partial charge in [0.05, 0.1) is 20.1 Å². The molecular weight excluding hydrogens is 251 g/mol. The summed E-state index contributed by atoms with van der Waals surface area (Å²) in [4.78, 5) is 10.9. The van der Waals surface area contributed by atoms with Gasteiger partial charge in [-0.2, -0.15) is 0 Å². The van der Waals surface area contributed by atoms with Crippen LogP contribution in [0.1, 0.15) is 31.4 Å². The molecule has 0 saturated carbocycles. The predicted octanol–water partition coefficient (Wildman–Crippen LogP) is 2.73. The minimum atomic E-state index is -0.940. The third-order valence-corrected chi connectivity index (χ3v) is 2.94. The summed E-state index contributed by atoms with van der Waals surface area (Å²) in [6.07, 6.45) is -0.112. The Hall–Kier alpha value is -1.62. The average molecular weight is 270 g/mol. The highest BCUT2D eigenvalue weighted by atomic mass is 19.1. The molecule has 1 aromatic rings. The van der Waals surface area contributed by atoms with E-state index in [2.05, 4.69) is 0 Å². The third kappa shape index (κ3) is 3.67. The van der Waals surface area contributed by atoms with Crippen molar-refractivity contribution in [2.75, 3.05) is 14.2 Å². The van der Waals surface area contributed by atoms with Gasteiger partial charge in [0.1, 0.15) is 0 Å². The summed E-state index contributed by atoms with van der Waals surface area (Å²) in [7, 11) is 2.89. The van der Waals surface area contributed by atoms with Gasteiger partial charge in [0.15, 0.2) is 11.6 Å². The number of methoxy groups -OCH3 is 2. The minimum absolute atomic E-state index is 0.0890. The van der Waals surface area contributed by atoms with Gasteiger partial charge < -0.3 is 14.6 Å². The van der Waals surface area contributed by atoms with Crippen LogP contribution in [0.2, 0.25) is 0 Å². The molecule has 0 amide bonds. The Morgan fingerprint density at radius 2 is 2.00 bits per heavy atom. The van der Waals surface area contributed by atoms with Gasteiger partial charge in [-0.05, 0) is 17.7 Å². The number of carboxylic acids is 1. The Morgan fingerprint density at radius 3 is 2.47 bits per heavy atom. The van der Waals surface area contributed by atoms with E-state index in [1.54, 1.807) is 19.9 Å². The van der Waals surface area contributed by atoms with Gasteiger partial charge in [0, 0.05) is 18.1 Å². The molecule has 0 fully saturated rings. The maximum absolute atomic E-state index is 14.0. The summed E-state index contributed by atoms with van der Waals surface area (Å²) in [6, 6.07) is 3.07. The first-order valence-electron chi connectivity index (χ1n) is 5.89. The quantitative estimate of drug-likeness (QED) is 0.863. The van der Waals surface area contributed by atoms with Gasteiger partial charge in [-0.3, -0.25) is 4.79 Å². The van der Waals surface area contributed by atoms with Crippen LogP contribution in [0.5, 0.6) is 5.75 Å². The van der Waals surface area contributed by atoms with Crippen LogP contribution < -0.4 is 4.74 Å². The fraction of sp³-hybridized carbons (Fsp3) is 0.500. The molecule has 4 nitrogen and oxygen atoms in total. The van der Waals surface area contributed by atoms with E-state index in [1.165, 1.54) is 20.3 Å². The van der Waals surface area contributed by atoms with Gasteiger partial charge >= 0.3 is 5.97 Å². The monoisotopic (exact) mass is 270 g/mol. The molecule has 0 aliphatic carbocycles. The molecule has 5 heteroatoms. The lowest BCUT2D eigenvalue weighted by atomic mass is 9.80. The van der Waals surface area contributed by atoms with Crippen LogP contribution in [0.3, 0.4) is 0 Å². The number of benzene rings is 1. The Balaban J connectivity index is 3.33. The summed E-state index contributed by atoms with van der Waals surface area (Å²) in [5.74, 6) is -1.36. The van der Waals surface area contributed by atoms with Crippen LogP contribution in [0.15, 0.2) is 12.1 Å². The van der Waals surface area contributed by atoms with Crippen molar-refractivity contribution in [1.29, 1.82) is 0 Å². The molecule has 0 aliphatic heterocycles. The fourth-order valence-corrected chi connectivity index (χ4v) is 2.08. The summed E-state index contributed by atoms with van der Waals surface area (Å²) in [5.41, 5.74) is 0.445. The number of rotatable bonds is 6. The van der Waals surface area contributed by atoms with Crippen LogP contribution in [-0.4, -0.2) is 25.3 Å². The lowest BCUT2D eigenvalue weighted by Gasteiger charge is -2.26. The van der Waals surface area contributed by atoms with Crippen molar-refractivity contribution in [2.24, 2.45) is 0 Å². The Kier molecular flexibility index (Phi) is 4.89. The van der Waals surface area contributed by atoms with E-state index in [1.807, 2.05) is 0 Å². The van der Waals surface area contributed by atoms with Crippen molar-refractivity contribution in [2.45, 2.75) is 32.3 Å². The second-order valence-corrected chi connectivity index (χ2v) is 5.05. The molecule has 0 atom stereocenters. The summed E-state index contributed by atoms with van der Waals surface area (Å²) >= 11 is 0. The summed E-state index contributed by atoms with van der Waals surface area (Å²) < 4.78 is 24.0. The Morgan fingerprint density at radius 1 is 1.37 bits per heavy atom. The Bertz CT molecular complexity index is 469. The molecule has 1 aromatic carbocycles. The number of hydrogen-bond acceptors (Lipinski definition) is 3. The van der Waals surface area contributed by atoms with Crippen molar-refractivity contribution in [3.05, 3.63) is 29.1 Å². The van der Waals surface area contributed by atoms with E-state index in [0.717, 1.165) is 0 Å². The normalized spacial score (nSPS) is 11.4. The van der Waals surface area contributed by atoms with Crippen molar-refractivity contribution < 1.29 is 23.8 Å². The minimum Gasteiger partial charge on any atom is -0.493 e. The van der Waals surface area contributed by atoms with Crippen molar-refractivity contribution in [1.82, 2.24) is 0 Å². The molecule has 0 bridgehead atoms. The molecule has 0 aromatic heterocycles. The third-order valence-electron chi connectivity index (χ3n) is 2.94. The summed E-state index contributed by atoms with van der Waals surface area (Å²) in [5, 5.41) is 8.96. The van der Waals surface area contributed by atoms with Gasteiger partial charge in [0.2, 0.25) is 0 Å². The maximum atomic E-state index is 14.0. The van der Waals surface area contributed by atoms with Gasteiger partial charge in [-0.15, -0.1) is 0 Å². The first-order valence-corrected chi connectivity index (χ1v) is 5.89. The number of hydrogen-bond donors (Lipinski definition) is 1. The molecule has 1 rings (SSSR count). The molecule has 19 heavy (non-hydrogen) atoms. The zero-order valence-electron chi connectivity index (χ0n) is 11.6. The number of carbonyl (C=O) groups is 1. The first kappa shape index (κ1) is 15.4. The molecule has 1 N–H and O–H groups in total. The zero-order chi connectivity index (χ0) is 14.6. The number of halogens is 1. The molecule has 0 unspecified atom stereocenters. The SMILES string of the molecule is COCc1cc(F)c(OC)c(C(C)(C)CC(=O)O)c1. The van der Waals surface area contributed by atoms with Crippen molar-refractivity contribution in [3.8, 4) is 5.75 Å². The van der Waals surface area contributed by atoms with Crippen LogP contribution in [0.25, 0.3) is 0 Å². The highest BCUT2D eigenvalue weighted by molar-refractivity contribution is 5.69. The predicted molar refractivity (Wildman–Crippen MR) is 68.9 cm³/mol. The van der Waals surface area contributed by atoms with E-state index < -0.39 is 17.2 Å². The highest BCUT2D eigenvalue weighted by Crippen LogP contribution is 2.37. The van der Waals surface area contributed by atoms with Crippen molar-refractivity contribution >= 4 is 5.97 Å². The second-order valence-electron chi connectivity index (χ2n) is 5.05. The van der Waals surface area contributed by atoms with E-state index in [4.69, 9.17) is 14.6 Å². The van der Waals surface area contributed by atoms with Gasteiger partial charge in [-0.1, -0.05) is 13.8 Å². The number of ether oxygens (including phenoxy) is 2. The highest BCUT2D eigenvalue weighted by Gasteiger charge is 2.29. The van der Waals surface area contributed by atoms with Crippen LogP contribution in [0, 0.1) is 5.82 Å². The topological polar surface area (TPSA) is 55.8 Å². The van der Waals surface area contributed by atoms with Crippen LogP contribution in [0.4, 0.5) is 4.39 Å². The molecule has 106 valence electrons. The fourth-order valence-electron chi connectivity index (χ4n) is 2.08. The number of aliphatic carboxylic acids is 1. The molecule has 0 radical (unpaired) electrons. The number of carboxylic acid groups (broad SMARTS) is 1. The van der Waals surface area contributed by atoms with Crippen LogP contribution in [-0.2, 0) is 21.6 Å². The molecule has 0 aliphatic rings. The maximum Gasteiger partial charge on any atom is 0.304 e. The summed E-state index contributed by atoms with van der Waals surface area (Å²) in [6.45, 7) is 3.75. The van der Waals surface area contributed by atoms with E-state index in [0.29, 0.717) is 11.1 Å². The second kappa shape index (κ2) is 6.02. The van der Waals surface area contributed by atoms with E-state index in [-0.39, 0.29) is 18.8 Å². The largest absolute Gasteiger partial charge is 0.493 e. The lowest BCUT2D eigenvalue weighted by Crippen LogP contribution is -2.23. The van der Waals surface area contributed by atoms with Gasteiger partial charge in [0.25, 0.3) is 0 Å². The smallest absolute Gasteiger partial charge is 0.304 e. The first-order chi connectivity index (χ1) is 8.81. The van der Waals surface area contributed by atoms with Crippen molar-refractivity contribution in [3.63, 3.8) is 0 Å². The standard InChI is InChI=1S/C14H19FO4/c1-14(2,7-12(16)17)10-5-9(8-18-3)6-11(15)13(10)19-4/h5-6H,7-8H2,1-4H3,(H,16,17). The molecule has 0 spiro atoms. The molecule has 0 heterocycles. The van der Waals surface area contributed by atoms with E-state index in [9.17, 15) is 9.18 Å². The molecular formula is C14H19FO4. The molecule has 0 saturated heterocycles. The average Bonchev–Trinajstić information content (AvgIpc) is 2.27. The van der Waals surface area contributed by atoms with Crippen LogP contribution >= 0.6 is 0 Å².